The third kappa shape index (κ3) is 12.5. The molecule has 5 unspecified atom stereocenters. The maximum absolute atomic E-state index is 13.2. The number of carbonyl (C=O) groups is 7. The van der Waals surface area contributed by atoms with Gasteiger partial charge in [0, 0.05) is 53.4 Å². The molecule has 4 aliphatic rings. The molecule has 0 bridgehead atoms. The van der Waals surface area contributed by atoms with Crippen molar-refractivity contribution in [2.75, 3.05) is 75.0 Å². The lowest BCUT2D eigenvalue weighted by Crippen LogP contribution is -2.71. The maximum atomic E-state index is 13.2. The molecule has 0 aromatic carbocycles. The number of thiazole rings is 1. The predicted molar refractivity (Wildman–Crippen MR) is 217 cm³/mol. The minimum absolute atomic E-state index is 0.0109. The van der Waals surface area contributed by atoms with Gasteiger partial charge in [-0.1, -0.05) is 11.6 Å². The van der Waals surface area contributed by atoms with Gasteiger partial charge < -0.3 is 50.7 Å². The van der Waals surface area contributed by atoms with Crippen LogP contribution < -0.4 is 26.6 Å². The number of carboxylic acid groups (broad SMARTS) is 1. The number of anilines is 1. The minimum atomic E-state index is -1.36. The number of amides is 6. The molecule has 6 amide bonds. The van der Waals surface area contributed by atoms with Gasteiger partial charge in [0.1, 0.15) is 36.5 Å². The highest BCUT2D eigenvalue weighted by Crippen LogP contribution is 2.40. The lowest BCUT2D eigenvalue weighted by molar-refractivity contribution is -0.150. The molecule has 3 fully saturated rings. The number of fused-ring (bicyclic) bond motifs is 2. The normalized spacial score (nSPS) is 22.3. The molecule has 0 spiro atoms. The van der Waals surface area contributed by atoms with Crippen LogP contribution in [-0.4, -0.2) is 161 Å². The van der Waals surface area contributed by atoms with E-state index in [9.17, 15) is 38.7 Å². The van der Waals surface area contributed by atoms with Gasteiger partial charge in [0.2, 0.25) is 11.8 Å². The highest BCUT2D eigenvalue weighted by molar-refractivity contribution is 8.00. The molecule has 5 rings (SSSR count). The van der Waals surface area contributed by atoms with Crippen molar-refractivity contribution < 1.29 is 57.7 Å². The van der Waals surface area contributed by atoms with Gasteiger partial charge in [-0.05, 0) is 12.8 Å². The van der Waals surface area contributed by atoms with Crippen LogP contribution in [0.15, 0.2) is 21.8 Å². The molecule has 0 saturated carbocycles. The van der Waals surface area contributed by atoms with E-state index in [1.54, 1.807) is 0 Å². The van der Waals surface area contributed by atoms with E-state index < -0.39 is 35.2 Å². The molecule has 3 saturated heterocycles. The summed E-state index contributed by atoms with van der Waals surface area (Å²) in [5, 5.41) is 28.9. The minimum Gasteiger partial charge on any atom is -0.477 e. The quantitative estimate of drug-likeness (QED) is 0.0204. The molecule has 0 radical (unpaired) electrons. The second-order valence-electron chi connectivity index (χ2n) is 13.1. The highest BCUT2D eigenvalue weighted by Gasteiger charge is 2.54. The van der Waals surface area contributed by atoms with Gasteiger partial charge in [0.25, 0.3) is 11.8 Å². The van der Waals surface area contributed by atoms with Gasteiger partial charge >= 0.3 is 18.0 Å². The van der Waals surface area contributed by atoms with Crippen molar-refractivity contribution in [2.24, 2.45) is 5.16 Å². The van der Waals surface area contributed by atoms with E-state index in [2.05, 4.69) is 36.7 Å². The first-order chi connectivity index (χ1) is 28.0. The number of thioether (sulfide) groups is 3. The Kier molecular flexibility index (Phi) is 17.3. The van der Waals surface area contributed by atoms with Crippen LogP contribution in [0, 0.1) is 0 Å². The number of oxime groups is 1. The molecule has 58 heavy (non-hydrogen) atoms. The number of unbranched alkanes of at least 4 members (excludes halogenated alkanes) is 1. The molecule has 5 atom stereocenters. The van der Waals surface area contributed by atoms with E-state index in [0.29, 0.717) is 50.4 Å². The molecule has 318 valence electrons. The Bertz CT molecular complexity index is 1760. The van der Waals surface area contributed by atoms with Crippen LogP contribution in [0.3, 0.4) is 0 Å². The zero-order chi connectivity index (χ0) is 41.6. The number of nitrogens with zero attached hydrogens (tertiary/aromatic N) is 3. The summed E-state index contributed by atoms with van der Waals surface area (Å²) in [4.78, 5) is 95.7. The summed E-state index contributed by atoms with van der Waals surface area (Å²) in [5.74, 6) is -1.96. The summed E-state index contributed by atoms with van der Waals surface area (Å²) in [6, 6.07) is -0.755. The fraction of sp³-hybridized carbons (Fsp3) is 0.618. The number of hydrogen-bond donors (Lipinski definition) is 6. The molecular formula is C34H46N8O12S4. The van der Waals surface area contributed by atoms with E-state index in [1.165, 1.54) is 42.9 Å². The maximum Gasteiger partial charge on any atom is 0.352 e. The lowest BCUT2D eigenvalue weighted by Gasteiger charge is -2.49. The number of nitrogens with one attached hydrogen (secondary N) is 5. The molecule has 24 heteroatoms. The van der Waals surface area contributed by atoms with Crippen molar-refractivity contribution in [3.8, 4) is 0 Å². The Morgan fingerprint density at radius 3 is 2.62 bits per heavy atom. The fourth-order valence-corrected chi connectivity index (χ4v) is 10.5. The zero-order valence-corrected chi connectivity index (χ0v) is 35.0. The molecule has 1 aromatic heterocycles. The van der Waals surface area contributed by atoms with Gasteiger partial charge in [-0.2, -0.15) is 11.8 Å². The first kappa shape index (κ1) is 45.0. The number of aromatic nitrogens is 1. The Balaban J connectivity index is 0.899. The first-order valence-corrected chi connectivity index (χ1v) is 22.5. The standard InChI is InChI=1S/C34H46N8O12S4/c1-18(43)54-13-19-14-57-31-27(30(47)42(31)28(19)32(48)49)39-29(46)26(41-51-2)21-16-58-34(37-21)38-24(45)17-55-12-11-53-10-9-52-8-7-35-23(44)6-4-3-5-22-25-20(15-56-22)36-33(50)40-25/h16,20,22,25,27,31H,3-15,17H2,1-2H3,(H,35,44)(H,39,46)(H,48,49)(H2,36,40,50)(H,37,38,45)/b41-26-. The first-order valence-electron chi connectivity index (χ1n) is 18.4. The third-order valence-corrected chi connectivity index (χ3v) is 13.5. The number of carbonyl (C=O) groups excluding carboxylic acids is 6. The number of aliphatic carboxylic acids is 1. The van der Waals surface area contributed by atoms with Crippen molar-refractivity contribution in [2.45, 2.75) is 61.4 Å². The smallest absolute Gasteiger partial charge is 0.352 e. The predicted octanol–water partition coefficient (Wildman–Crippen LogP) is 0.342. The zero-order valence-electron chi connectivity index (χ0n) is 31.8. The monoisotopic (exact) mass is 886 g/mol. The van der Waals surface area contributed by atoms with Crippen LogP contribution in [0.4, 0.5) is 9.93 Å². The van der Waals surface area contributed by atoms with E-state index in [4.69, 9.17) is 19.0 Å². The molecule has 1 aromatic rings. The second-order valence-corrected chi connectivity index (χ2v) is 17.4. The summed E-state index contributed by atoms with van der Waals surface area (Å²) in [6.45, 7) is 2.83. The Labute approximate surface area is 350 Å². The van der Waals surface area contributed by atoms with E-state index in [1.807, 2.05) is 11.8 Å². The summed E-state index contributed by atoms with van der Waals surface area (Å²) in [6.07, 6.45) is 3.15. The van der Waals surface area contributed by atoms with Gasteiger partial charge in [-0.25, -0.2) is 14.6 Å². The topological polar surface area (TPSA) is 265 Å². The van der Waals surface area contributed by atoms with Crippen molar-refractivity contribution in [3.63, 3.8) is 0 Å². The van der Waals surface area contributed by atoms with Crippen LogP contribution in [-0.2, 0) is 47.8 Å². The molecule has 5 heterocycles. The lowest BCUT2D eigenvalue weighted by atomic mass is 10.0. The van der Waals surface area contributed by atoms with Crippen LogP contribution in [0.1, 0.15) is 38.3 Å². The van der Waals surface area contributed by atoms with E-state index >= 15 is 0 Å². The van der Waals surface area contributed by atoms with Crippen molar-refractivity contribution in [3.05, 3.63) is 22.3 Å². The average Bonchev–Trinajstić information content (AvgIpc) is 3.91. The fourth-order valence-electron chi connectivity index (χ4n) is 6.31. The average molecular weight is 887 g/mol. The van der Waals surface area contributed by atoms with Gasteiger partial charge in [0.15, 0.2) is 10.8 Å². The van der Waals surface area contributed by atoms with Crippen molar-refractivity contribution in [1.29, 1.82) is 0 Å². The van der Waals surface area contributed by atoms with Crippen molar-refractivity contribution in [1.82, 2.24) is 31.2 Å². The SMILES string of the molecule is CO/N=C(\C(=O)NC1C(=O)N2C(C(=O)O)=C(COC(C)=O)CSC12)c1csc(NC(=O)CSCCOCCOCCNC(=O)CCCCC2SCC3NC(=O)NC32)n1. The number of rotatable bonds is 24. The Morgan fingerprint density at radius 1 is 1.07 bits per heavy atom. The molecule has 0 aliphatic carbocycles. The summed E-state index contributed by atoms with van der Waals surface area (Å²) < 4.78 is 16.0. The van der Waals surface area contributed by atoms with Crippen LogP contribution >= 0.6 is 46.6 Å². The number of carboxylic acids is 1. The number of esters is 1. The van der Waals surface area contributed by atoms with Crippen LogP contribution in [0.2, 0.25) is 0 Å². The number of urea groups is 1. The van der Waals surface area contributed by atoms with Gasteiger partial charge in [-0.15, -0.1) is 34.9 Å². The Hall–Kier alpha value is -4.10. The second kappa shape index (κ2) is 22.3. The van der Waals surface area contributed by atoms with Gasteiger partial charge in [-0.3, -0.25) is 28.9 Å². The van der Waals surface area contributed by atoms with Gasteiger partial charge in [0.05, 0.1) is 44.3 Å². The van der Waals surface area contributed by atoms with E-state index in [-0.39, 0.29) is 75.8 Å². The third-order valence-electron chi connectivity index (χ3n) is 9.00. The molecular weight excluding hydrogens is 841 g/mol. The largest absolute Gasteiger partial charge is 0.477 e. The molecule has 4 aliphatic heterocycles. The van der Waals surface area contributed by atoms with Crippen LogP contribution in [0.5, 0.6) is 0 Å². The number of hydrogen-bond acceptors (Lipinski definition) is 17. The number of ether oxygens (including phenoxy) is 3. The molecule has 6 N–H and O–H groups in total. The highest BCUT2D eigenvalue weighted by atomic mass is 32.2. The van der Waals surface area contributed by atoms with Crippen LogP contribution in [0.25, 0.3) is 0 Å². The van der Waals surface area contributed by atoms with E-state index in [0.717, 1.165) is 41.3 Å². The Morgan fingerprint density at radius 2 is 1.86 bits per heavy atom. The summed E-state index contributed by atoms with van der Waals surface area (Å²) in [7, 11) is 1.23. The number of β-lactam (4-membered cyclic amide) rings is 1. The summed E-state index contributed by atoms with van der Waals surface area (Å²) >= 11 is 5.50. The van der Waals surface area contributed by atoms with Crippen molar-refractivity contribution >= 4 is 99.1 Å². The molecule has 20 nitrogen and oxygen atoms in total. The summed E-state index contributed by atoms with van der Waals surface area (Å²) in [5.41, 5.74) is -0.186.